The van der Waals surface area contributed by atoms with Crippen molar-refractivity contribution >= 4 is 23.5 Å². The molecule has 0 unspecified atom stereocenters. The zero-order chi connectivity index (χ0) is 19.6. The molecule has 1 saturated heterocycles. The first-order valence-electron chi connectivity index (χ1n) is 8.54. The molecule has 27 heavy (non-hydrogen) atoms. The molecule has 0 saturated carbocycles. The Morgan fingerprint density at radius 1 is 1.07 bits per heavy atom. The smallest absolute Gasteiger partial charge is 0.337 e. The third kappa shape index (κ3) is 3.79. The van der Waals surface area contributed by atoms with Gasteiger partial charge >= 0.3 is 5.97 Å². The molecule has 1 aliphatic rings. The van der Waals surface area contributed by atoms with Gasteiger partial charge in [-0.3, -0.25) is 9.59 Å². The standard InChI is InChI=1S/C19H21N3O5/c1-12-11-21(14-5-3-13(4-6-14)19(25)26-2)9-10-22(12)18(24)16-8-7-15(27-16)17(20)23/h3-8,12H,9-11H2,1-2H3,(H2,20,23)/t12-/m1/s1. The monoisotopic (exact) mass is 371 g/mol. The van der Waals surface area contributed by atoms with Gasteiger partial charge in [-0.05, 0) is 43.3 Å². The van der Waals surface area contributed by atoms with Crippen molar-refractivity contribution in [2.24, 2.45) is 5.73 Å². The maximum Gasteiger partial charge on any atom is 0.337 e. The zero-order valence-corrected chi connectivity index (χ0v) is 15.2. The number of nitrogens with two attached hydrogens (primary N) is 1. The minimum absolute atomic E-state index is 0.0321. The summed E-state index contributed by atoms with van der Waals surface area (Å²) < 4.78 is 9.95. The average molecular weight is 371 g/mol. The molecule has 1 aromatic carbocycles. The van der Waals surface area contributed by atoms with Crippen LogP contribution in [0, 0.1) is 0 Å². The molecule has 2 heterocycles. The number of primary amides is 1. The highest BCUT2D eigenvalue weighted by Crippen LogP contribution is 2.22. The molecule has 1 fully saturated rings. The SMILES string of the molecule is COC(=O)c1ccc(N2CCN(C(=O)c3ccc(C(N)=O)o3)[C@H](C)C2)cc1. The number of carbonyl (C=O) groups is 3. The fourth-order valence-corrected chi connectivity index (χ4v) is 3.15. The molecular formula is C19H21N3O5. The number of furan rings is 1. The third-order valence-electron chi connectivity index (χ3n) is 4.60. The summed E-state index contributed by atoms with van der Waals surface area (Å²) in [6.45, 7) is 3.72. The van der Waals surface area contributed by atoms with Gasteiger partial charge in [0, 0.05) is 31.4 Å². The van der Waals surface area contributed by atoms with Crippen LogP contribution in [0.1, 0.15) is 38.4 Å². The number of methoxy groups -OCH3 is 1. The van der Waals surface area contributed by atoms with E-state index >= 15 is 0 Å². The number of benzene rings is 1. The van der Waals surface area contributed by atoms with Crippen LogP contribution in [0.3, 0.4) is 0 Å². The Bertz CT molecular complexity index is 858. The topological polar surface area (TPSA) is 106 Å². The molecule has 8 heteroatoms. The van der Waals surface area contributed by atoms with E-state index in [1.54, 1.807) is 17.0 Å². The van der Waals surface area contributed by atoms with Crippen molar-refractivity contribution in [1.29, 1.82) is 0 Å². The molecule has 1 atom stereocenters. The van der Waals surface area contributed by atoms with Crippen molar-refractivity contribution in [3.63, 3.8) is 0 Å². The fraction of sp³-hybridized carbons (Fsp3) is 0.316. The molecule has 142 valence electrons. The molecule has 2 N–H and O–H groups in total. The van der Waals surface area contributed by atoms with Gasteiger partial charge in [0.05, 0.1) is 12.7 Å². The molecule has 2 amide bonds. The van der Waals surface area contributed by atoms with Crippen molar-refractivity contribution in [3.05, 3.63) is 53.5 Å². The lowest BCUT2D eigenvalue weighted by molar-refractivity contribution is 0.0598. The summed E-state index contributed by atoms with van der Waals surface area (Å²) in [6.07, 6.45) is 0. The summed E-state index contributed by atoms with van der Waals surface area (Å²) in [6, 6.07) is 9.97. The molecule has 8 nitrogen and oxygen atoms in total. The minimum Gasteiger partial charge on any atom is -0.465 e. The molecule has 1 aromatic heterocycles. The van der Waals surface area contributed by atoms with Crippen LogP contribution in [-0.2, 0) is 4.74 Å². The lowest BCUT2D eigenvalue weighted by Crippen LogP contribution is -2.54. The van der Waals surface area contributed by atoms with Crippen molar-refractivity contribution in [2.75, 3.05) is 31.6 Å². The Morgan fingerprint density at radius 3 is 2.30 bits per heavy atom. The summed E-state index contributed by atoms with van der Waals surface area (Å²) in [5.41, 5.74) is 6.62. The van der Waals surface area contributed by atoms with Gasteiger partial charge in [-0.15, -0.1) is 0 Å². The first kappa shape index (κ1) is 18.5. The number of anilines is 1. The molecule has 0 aliphatic carbocycles. The lowest BCUT2D eigenvalue weighted by atomic mass is 10.1. The summed E-state index contributed by atoms with van der Waals surface area (Å²) in [7, 11) is 1.35. The quantitative estimate of drug-likeness (QED) is 0.817. The highest BCUT2D eigenvalue weighted by Gasteiger charge is 2.30. The van der Waals surface area contributed by atoms with Gasteiger partial charge in [0.2, 0.25) is 0 Å². The zero-order valence-electron chi connectivity index (χ0n) is 15.2. The van der Waals surface area contributed by atoms with Crippen LogP contribution in [0.25, 0.3) is 0 Å². The fourth-order valence-electron chi connectivity index (χ4n) is 3.15. The van der Waals surface area contributed by atoms with Crippen molar-refractivity contribution in [1.82, 2.24) is 4.90 Å². The highest BCUT2D eigenvalue weighted by atomic mass is 16.5. The van der Waals surface area contributed by atoms with E-state index in [9.17, 15) is 14.4 Å². The van der Waals surface area contributed by atoms with E-state index in [1.807, 2.05) is 19.1 Å². The maximum absolute atomic E-state index is 12.7. The van der Waals surface area contributed by atoms with Gasteiger partial charge in [-0.25, -0.2) is 4.79 Å². The van der Waals surface area contributed by atoms with Crippen LogP contribution in [0.15, 0.2) is 40.8 Å². The molecule has 0 spiro atoms. The van der Waals surface area contributed by atoms with Crippen LogP contribution in [-0.4, -0.2) is 55.5 Å². The summed E-state index contributed by atoms with van der Waals surface area (Å²) in [4.78, 5) is 39.2. The number of piperazine rings is 1. The second-order valence-corrected chi connectivity index (χ2v) is 6.36. The largest absolute Gasteiger partial charge is 0.465 e. The van der Waals surface area contributed by atoms with E-state index in [-0.39, 0.29) is 29.4 Å². The van der Waals surface area contributed by atoms with Crippen LogP contribution < -0.4 is 10.6 Å². The number of amides is 2. The van der Waals surface area contributed by atoms with E-state index in [4.69, 9.17) is 14.9 Å². The van der Waals surface area contributed by atoms with E-state index < -0.39 is 5.91 Å². The first-order valence-corrected chi connectivity index (χ1v) is 8.54. The first-order chi connectivity index (χ1) is 12.9. The van der Waals surface area contributed by atoms with E-state index in [0.29, 0.717) is 25.2 Å². The average Bonchev–Trinajstić information content (AvgIpc) is 3.17. The predicted molar refractivity (Wildman–Crippen MR) is 97.7 cm³/mol. The van der Waals surface area contributed by atoms with Crippen molar-refractivity contribution in [3.8, 4) is 0 Å². The number of rotatable bonds is 4. The van der Waals surface area contributed by atoms with Gasteiger partial charge in [-0.2, -0.15) is 0 Å². The molecule has 1 aliphatic heterocycles. The molecule has 2 aromatic rings. The van der Waals surface area contributed by atoms with E-state index in [1.165, 1.54) is 19.2 Å². The number of hydrogen-bond donors (Lipinski definition) is 1. The Morgan fingerprint density at radius 2 is 1.74 bits per heavy atom. The second kappa shape index (κ2) is 7.53. The maximum atomic E-state index is 12.7. The highest BCUT2D eigenvalue weighted by molar-refractivity contribution is 5.95. The Labute approximate surface area is 156 Å². The number of hydrogen-bond acceptors (Lipinski definition) is 6. The summed E-state index contributed by atoms with van der Waals surface area (Å²) in [5.74, 6) is -1.28. The van der Waals surface area contributed by atoms with Crippen molar-refractivity contribution < 1.29 is 23.5 Å². The number of nitrogens with zero attached hydrogens (tertiary/aromatic N) is 2. The molecule has 0 radical (unpaired) electrons. The number of carbonyl (C=O) groups excluding carboxylic acids is 3. The number of ether oxygens (including phenoxy) is 1. The molecular weight excluding hydrogens is 350 g/mol. The van der Waals surface area contributed by atoms with E-state index in [2.05, 4.69) is 4.90 Å². The normalized spacial score (nSPS) is 16.9. The predicted octanol–water partition coefficient (Wildman–Crippen LogP) is 1.52. The molecule has 0 bridgehead atoms. The van der Waals surface area contributed by atoms with Gasteiger partial charge in [-0.1, -0.05) is 0 Å². The summed E-state index contributed by atoms with van der Waals surface area (Å²) in [5, 5.41) is 0. The minimum atomic E-state index is -0.706. The Kier molecular flexibility index (Phi) is 5.16. The van der Waals surface area contributed by atoms with Crippen molar-refractivity contribution in [2.45, 2.75) is 13.0 Å². The Hall–Kier alpha value is -3.29. The third-order valence-corrected chi connectivity index (χ3v) is 4.60. The summed E-state index contributed by atoms with van der Waals surface area (Å²) >= 11 is 0. The van der Waals surface area contributed by atoms with Gasteiger partial charge in [0.15, 0.2) is 11.5 Å². The van der Waals surface area contributed by atoms with Crippen LogP contribution in [0.2, 0.25) is 0 Å². The van der Waals surface area contributed by atoms with Crippen LogP contribution >= 0.6 is 0 Å². The van der Waals surface area contributed by atoms with Crippen LogP contribution in [0.4, 0.5) is 5.69 Å². The van der Waals surface area contributed by atoms with Gasteiger partial charge in [0.1, 0.15) is 0 Å². The van der Waals surface area contributed by atoms with Gasteiger partial charge < -0.3 is 24.7 Å². The lowest BCUT2D eigenvalue weighted by Gasteiger charge is -2.40. The number of esters is 1. The van der Waals surface area contributed by atoms with Crippen LogP contribution in [0.5, 0.6) is 0 Å². The Balaban J connectivity index is 1.67. The molecule has 3 rings (SSSR count). The second-order valence-electron chi connectivity index (χ2n) is 6.36. The van der Waals surface area contributed by atoms with E-state index in [0.717, 1.165) is 5.69 Å². The van der Waals surface area contributed by atoms with Gasteiger partial charge in [0.25, 0.3) is 11.8 Å².